The number of rotatable bonds is 5. The molecule has 0 unspecified atom stereocenters. The zero-order valence-electron chi connectivity index (χ0n) is 16.8. The number of hydrogen-bond donors (Lipinski definition) is 1. The first kappa shape index (κ1) is 20.4. The van der Waals surface area contributed by atoms with E-state index in [9.17, 15) is 14.4 Å². The summed E-state index contributed by atoms with van der Waals surface area (Å²) in [4.78, 5) is 38.6. The van der Waals surface area contributed by atoms with Gasteiger partial charge in [0, 0.05) is 37.4 Å². The van der Waals surface area contributed by atoms with Gasteiger partial charge in [0.2, 0.25) is 11.8 Å². The van der Waals surface area contributed by atoms with Gasteiger partial charge in [0.25, 0.3) is 0 Å². The van der Waals surface area contributed by atoms with Crippen LogP contribution < -0.4 is 10.1 Å². The second-order valence-corrected chi connectivity index (χ2v) is 8.03. The molecule has 3 rings (SSSR count). The largest absolute Gasteiger partial charge is 0.497 e. The van der Waals surface area contributed by atoms with Gasteiger partial charge in [-0.2, -0.15) is 0 Å². The third kappa shape index (κ3) is 5.12. The first-order valence-corrected chi connectivity index (χ1v) is 10.2. The lowest BCUT2D eigenvalue weighted by Crippen LogP contribution is -2.48. The van der Waals surface area contributed by atoms with Gasteiger partial charge in [-0.15, -0.1) is 0 Å². The van der Waals surface area contributed by atoms with E-state index in [1.807, 2.05) is 36.1 Å². The molecule has 2 amide bonds. The second-order valence-electron chi connectivity index (χ2n) is 8.03. The van der Waals surface area contributed by atoms with Crippen molar-refractivity contribution in [1.82, 2.24) is 10.2 Å². The molecule has 2 fully saturated rings. The maximum atomic E-state index is 12.6. The van der Waals surface area contributed by atoms with Gasteiger partial charge in [-0.25, -0.2) is 0 Å². The van der Waals surface area contributed by atoms with Gasteiger partial charge in [-0.3, -0.25) is 14.4 Å². The number of Topliss-reactive ketones (excluding diaryl/α,β-unsaturated/α-hetero) is 1. The Morgan fingerprint density at radius 2 is 1.96 bits per heavy atom. The molecule has 6 heteroatoms. The average molecular weight is 386 g/mol. The number of benzene rings is 1. The Kier molecular flexibility index (Phi) is 6.70. The standard InChI is InChI=1S/C22H30N2O4/c1-15-12-17(6-7-20(15)25)22(27)23-18-8-10-24(11-9-18)21(26)14-16-4-3-5-19(13-16)28-2/h3-5,13,15,17-18H,6-12,14H2,1-2H3,(H,23,27)/t15-,17-/m0/s1. The SMILES string of the molecule is COc1cccc(CC(=O)N2CCC(NC(=O)[C@H]3CCC(=O)[C@@H](C)C3)CC2)c1. The Bertz CT molecular complexity index is 725. The highest BCUT2D eigenvalue weighted by Gasteiger charge is 2.32. The Balaban J connectivity index is 1.44. The van der Waals surface area contributed by atoms with Crippen LogP contribution in [0.15, 0.2) is 24.3 Å². The molecule has 0 spiro atoms. The number of nitrogens with zero attached hydrogens (tertiary/aromatic N) is 1. The lowest BCUT2D eigenvalue weighted by molar-refractivity contribution is -0.132. The molecular weight excluding hydrogens is 356 g/mol. The van der Waals surface area contributed by atoms with Crippen LogP contribution in [0, 0.1) is 11.8 Å². The Hall–Kier alpha value is -2.37. The quantitative estimate of drug-likeness (QED) is 0.843. The van der Waals surface area contributed by atoms with Gasteiger partial charge < -0.3 is 15.0 Å². The monoisotopic (exact) mass is 386 g/mol. The van der Waals surface area contributed by atoms with Crippen LogP contribution in [0.3, 0.4) is 0 Å². The summed E-state index contributed by atoms with van der Waals surface area (Å²) in [6.07, 6.45) is 3.74. The van der Waals surface area contributed by atoms with E-state index in [-0.39, 0.29) is 35.5 Å². The van der Waals surface area contributed by atoms with E-state index < -0.39 is 0 Å². The summed E-state index contributed by atoms with van der Waals surface area (Å²) < 4.78 is 5.21. The molecule has 2 atom stereocenters. The van der Waals surface area contributed by atoms with Crippen molar-refractivity contribution in [3.8, 4) is 5.75 Å². The summed E-state index contributed by atoms with van der Waals surface area (Å²) in [6.45, 7) is 3.23. The molecule has 1 aromatic rings. The minimum absolute atomic E-state index is 0.0134. The first-order valence-electron chi connectivity index (χ1n) is 10.2. The second kappa shape index (κ2) is 9.22. The molecule has 28 heavy (non-hydrogen) atoms. The van der Waals surface area contributed by atoms with E-state index in [0.29, 0.717) is 38.8 Å². The van der Waals surface area contributed by atoms with Gasteiger partial charge in [0.05, 0.1) is 13.5 Å². The smallest absolute Gasteiger partial charge is 0.226 e. The van der Waals surface area contributed by atoms with Crippen molar-refractivity contribution in [3.05, 3.63) is 29.8 Å². The van der Waals surface area contributed by atoms with E-state index in [1.165, 1.54) is 0 Å². The van der Waals surface area contributed by atoms with E-state index in [4.69, 9.17) is 4.74 Å². The molecule has 1 heterocycles. The van der Waals surface area contributed by atoms with E-state index in [1.54, 1.807) is 7.11 Å². The number of carbonyl (C=O) groups excluding carboxylic acids is 3. The number of piperidine rings is 1. The van der Waals surface area contributed by atoms with E-state index >= 15 is 0 Å². The Morgan fingerprint density at radius 1 is 1.21 bits per heavy atom. The fourth-order valence-corrected chi connectivity index (χ4v) is 4.14. The molecule has 152 valence electrons. The van der Waals surface area contributed by atoms with Crippen LogP contribution in [-0.4, -0.2) is 48.7 Å². The van der Waals surface area contributed by atoms with Crippen LogP contribution in [-0.2, 0) is 20.8 Å². The summed E-state index contributed by atoms with van der Waals surface area (Å²) in [5, 5.41) is 3.14. The fraction of sp³-hybridized carbons (Fsp3) is 0.591. The molecule has 1 aliphatic carbocycles. The van der Waals surface area contributed by atoms with Crippen molar-refractivity contribution < 1.29 is 19.1 Å². The summed E-state index contributed by atoms with van der Waals surface area (Å²) in [5.41, 5.74) is 0.945. The molecular formula is C22H30N2O4. The molecule has 1 aromatic carbocycles. The predicted octanol–water partition coefficient (Wildman–Crippen LogP) is 2.35. The molecule has 0 aromatic heterocycles. The Morgan fingerprint density at radius 3 is 2.64 bits per heavy atom. The van der Waals surface area contributed by atoms with Gasteiger partial charge >= 0.3 is 0 Å². The normalized spacial score (nSPS) is 23.4. The number of ketones is 1. The predicted molar refractivity (Wildman–Crippen MR) is 106 cm³/mol. The number of likely N-dealkylation sites (tertiary alicyclic amines) is 1. The van der Waals surface area contributed by atoms with Gasteiger partial charge in [-0.1, -0.05) is 19.1 Å². The minimum atomic E-state index is -0.0552. The topological polar surface area (TPSA) is 75.7 Å². The molecule has 1 aliphatic heterocycles. The average Bonchev–Trinajstić information content (AvgIpc) is 2.70. The third-order valence-electron chi connectivity index (χ3n) is 5.98. The highest BCUT2D eigenvalue weighted by atomic mass is 16.5. The number of hydrogen-bond acceptors (Lipinski definition) is 4. The van der Waals surface area contributed by atoms with Crippen molar-refractivity contribution in [2.24, 2.45) is 11.8 Å². The van der Waals surface area contributed by atoms with Gasteiger partial charge in [0.15, 0.2) is 0 Å². The summed E-state index contributed by atoms with van der Waals surface area (Å²) in [5.74, 6) is 1.14. The molecule has 1 saturated carbocycles. The van der Waals surface area contributed by atoms with Crippen molar-refractivity contribution in [2.75, 3.05) is 20.2 Å². The summed E-state index contributed by atoms with van der Waals surface area (Å²) in [7, 11) is 1.62. The number of carbonyl (C=O) groups is 3. The molecule has 1 saturated heterocycles. The molecule has 6 nitrogen and oxygen atoms in total. The highest BCUT2D eigenvalue weighted by molar-refractivity contribution is 5.86. The number of nitrogens with one attached hydrogen (secondary N) is 1. The fourth-order valence-electron chi connectivity index (χ4n) is 4.14. The van der Waals surface area contributed by atoms with Crippen molar-refractivity contribution in [2.45, 2.75) is 51.5 Å². The minimum Gasteiger partial charge on any atom is -0.497 e. The molecule has 0 bridgehead atoms. The third-order valence-corrected chi connectivity index (χ3v) is 5.98. The molecule has 2 aliphatic rings. The van der Waals surface area contributed by atoms with Crippen LogP contribution in [0.5, 0.6) is 5.75 Å². The number of methoxy groups -OCH3 is 1. The van der Waals surface area contributed by atoms with Crippen molar-refractivity contribution >= 4 is 17.6 Å². The maximum Gasteiger partial charge on any atom is 0.226 e. The van der Waals surface area contributed by atoms with Crippen LogP contribution in [0.1, 0.15) is 44.6 Å². The Labute approximate surface area is 166 Å². The maximum absolute atomic E-state index is 12.6. The van der Waals surface area contributed by atoms with E-state index in [2.05, 4.69) is 5.32 Å². The van der Waals surface area contributed by atoms with Crippen LogP contribution in [0.25, 0.3) is 0 Å². The number of ether oxygens (including phenoxy) is 1. The van der Waals surface area contributed by atoms with E-state index in [0.717, 1.165) is 24.2 Å². The molecule has 1 N–H and O–H groups in total. The highest BCUT2D eigenvalue weighted by Crippen LogP contribution is 2.26. The van der Waals surface area contributed by atoms with Gasteiger partial charge in [-0.05, 0) is 43.4 Å². The lowest BCUT2D eigenvalue weighted by Gasteiger charge is -2.34. The lowest BCUT2D eigenvalue weighted by atomic mass is 9.81. The summed E-state index contributed by atoms with van der Waals surface area (Å²) >= 11 is 0. The van der Waals surface area contributed by atoms with Crippen molar-refractivity contribution in [3.63, 3.8) is 0 Å². The van der Waals surface area contributed by atoms with Gasteiger partial charge in [0.1, 0.15) is 11.5 Å². The molecule has 0 radical (unpaired) electrons. The van der Waals surface area contributed by atoms with Crippen LogP contribution in [0.2, 0.25) is 0 Å². The summed E-state index contributed by atoms with van der Waals surface area (Å²) in [6, 6.07) is 7.69. The zero-order chi connectivity index (χ0) is 20.1. The van der Waals surface area contributed by atoms with Crippen molar-refractivity contribution in [1.29, 1.82) is 0 Å². The zero-order valence-corrected chi connectivity index (χ0v) is 16.8. The first-order chi connectivity index (χ1) is 13.5. The van der Waals surface area contributed by atoms with Crippen LogP contribution in [0.4, 0.5) is 0 Å². The number of amides is 2. The van der Waals surface area contributed by atoms with Crippen LogP contribution >= 0.6 is 0 Å².